The number of hydrogen-bond acceptors (Lipinski definition) is 7. The van der Waals surface area contributed by atoms with Crippen molar-refractivity contribution < 1.29 is 32.5 Å². The fourth-order valence-electron chi connectivity index (χ4n) is 4.59. The van der Waals surface area contributed by atoms with Crippen LogP contribution < -0.4 is 15.8 Å². The molecular weight excluding hydrogens is 489 g/mol. The zero-order valence-corrected chi connectivity index (χ0v) is 19.8. The van der Waals surface area contributed by atoms with E-state index >= 15 is 0 Å². The van der Waals surface area contributed by atoms with Crippen LogP contribution in [0.25, 0.3) is 11.3 Å². The Morgan fingerprint density at radius 3 is 2.57 bits per heavy atom. The van der Waals surface area contributed by atoms with Crippen LogP contribution in [0, 0.1) is 23.4 Å². The van der Waals surface area contributed by atoms with Crippen LogP contribution in [0.1, 0.15) is 41.4 Å². The Morgan fingerprint density at radius 2 is 1.89 bits per heavy atom. The Balaban J connectivity index is 1.42. The van der Waals surface area contributed by atoms with Gasteiger partial charge in [0.15, 0.2) is 0 Å². The molecule has 1 aliphatic carbocycles. The molecule has 0 spiro atoms. The van der Waals surface area contributed by atoms with Crippen molar-refractivity contribution in [2.75, 3.05) is 12.4 Å². The van der Waals surface area contributed by atoms with Crippen molar-refractivity contribution in [2.45, 2.75) is 43.6 Å². The predicted octanol–water partition coefficient (Wildman–Crippen LogP) is 3.75. The zero-order chi connectivity index (χ0) is 26.3. The van der Waals surface area contributed by atoms with Gasteiger partial charge >= 0.3 is 0 Å². The molecule has 4 atom stereocenters. The quantitative estimate of drug-likeness (QED) is 0.458. The van der Waals surface area contributed by atoms with Crippen molar-refractivity contribution in [1.82, 2.24) is 9.97 Å². The van der Waals surface area contributed by atoms with Gasteiger partial charge in [-0.3, -0.25) is 9.78 Å². The summed E-state index contributed by atoms with van der Waals surface area (Å²) < 4.78 is 54.7. The lowest BCUT2D eigenvalue weighted by Crippen LogP contribution is -2.50. The molecule has 2 aliphatic rings. The molecule has 1 saturated heterocycles. The molecule has 1 amide bonds. The van der Waals surface area contributed by atoms with Crippen molar-refractivity contribution in [3.63, 3.8) is 0 Å². The highest BCUT2D eigenvalue weighted by atomic mass is 19.1. The number of aliphatic hydroxyl groups excluding tert-OH is 1. The number of nitrogens with one attached hydrogen (secondary N) is 1. The summed E-state index contributed by atoms with van der Waals surface area (Å²) in [5, 5.41) is 13.1. The summed E-state index contributed by atoms with van der Waals surface area (Å²) in [6, 6.07) is 4.99. The molecule has 4 N–H and O–H groups in total. The Labute approximate surface area is 210 Å². The first kappa shape index (κ1) is 25.1. The number of amides is 1. The third-order valence-electron chi connectivity index (χ3n) is 6.69. The predicted molar refractivity (Wildman–Crippen MR) is 127 cm³/mol. The van der Waals surface area contributed by atoms with Gasteiger partial charge in [-0.2, -0.15) is 0 Å². The molecule has 1 aliphatic heterocycles. The number of carbonyl (C=O) groups excluding carboxylic acids is 1. The highest BCUT2D eigenvalue weighted by Crippen LogP contribution is 2.43. The number of aliphatic hydroxyl groups is 1. The van der Waals surface area contributed by atoms with Gasteiger partial charge in [0.25, 0.3) is 5.91 Å². The molecule has 37 heavy (non-hydrogen) atoms. The summed E-state index contributed by atoms with van der Waals surface area (Å²) >= 11 is 0. The molecule has 194 valence electrons. The monoisotopic (exact) mass is 514 g/mol. The number of nitrogens with zero attached hydrogens (tertiary/aromatic N) is 2. The Kier molecular flexibility index (Phi) is 6.84. The number of carbonyl (C=O) groups is 1. The van der Waals surface area contributed by atoms with Crippen LogP contribution in [0.5, 0.6) is 5.75 Å². The second-order valence-electron chi connectivity index (χ2n) is 9.23. The van der Waals surface area contributed by atoms with Crippen LogP contribution >= 0.6 is 0 Å². The number of anilines is 1. The van der Waals surface area contributed by atoms with Crippen LogP contribution in [0.2, 0.25) is 0 Å². The second kappa shape index (κ2) is 10.1. The number of halogens is 3. The minimum absolute atomic E-state index is 0.0849. The minimum Gasteiger partial charge on any atom is -0.497 e. The van der Waals surface area contributed by atoms with E-state index in [1.165, 1.54) is 13.3 Å². The molecule has 0 unspecified atom stereocenters. The van der Waals surface area contributed by atoms with Gasteiger partial charge in [0.1, 0.15) is 34.6 Å². The normalized spacial score (nSPS) is 23.5. The summed E-state index contributed by atoms with van der Waals surface area (Å²) in [6.07, 6.45) is 3.52. The van der Waals surface area contributed by atoms with Crippen LogP contribution in [0.3, 0.4) is 0 Å². The average molecular weight is 515 g/mol. The van der Waals surface area contributed by atoms with Crippen molar-refractivity contribution in [3.8, 4) is 17.0 Å². The van der Waals surface area contributed by atoms with Gasteiger partial charge in [0.2, 0.25) is 0 Å². The summed E-state index contributed by atoms with van der Waals surface area (Å²) in [6.45, 7) is 0. The maximum atomic E-state index is 14.6. The third kappa shape index (κ3) is 5.02. The van der Waals surface area contributed by atoms with Crippen LogP contribution in [-0.2, 0) is 4.74 Å². The van der Waals surface area contributed by atoms with Crippen molar-refractivity contribution in [1.29, 1.82) is 0 Å². The van der Waals surface area contributed by atoms with Crippen LogP contribution in [0.4, 0.5) is 18.9 Å². The number of aromatic nitrogens is 2. The van der Waals surface area contributed by atoms with E-state index in [1.807, 2.05) is 0 Å². The van der Waals surface area contributed by atoms with Gasteiger partial charge in [0, 0.05) is 29.9 Å². The van der Waals surface area contributed by atoms with E-state index in [1.54, 1.807) is 12.3 Å². The van der Waals surface area contributed by atoms with Gasteiger partial charge in [0.05, 0.1) is 42.9 Å². The molecule has 2 aromatic heterocycles. The van der Waals surface area contributed by atoms with Crippen molar-refractivity contribution >= 4 is 11.6 Å². The summed E-state index contributed by atoms with van der Waals surface area (Å²) in [5.41, 5.74) is 5.46. The lowest BCUT2D eigenvalue weighted by Gasteiger charge is -2.38. The van der Waals surface area contributed by atoms with E-state index in [2.05, 4.69) is 15.3 Å². The molecule has 0 radical (unpaired) electrons. The molecule has 5 rings (SSSR count). The highest BCUT2D eigenvalue weighted by molar-refractivity contribution is 6.03. The van der Waals surface area contributed by atoms with E-state index < -0.39 is 59.0 Å². The second-order valence-corrected chi connectivity index (χ2v) is 9.23. The molecule has 8 nitrogen and oxygen atoms in total. The lowest BCUT2D eigenvalue weighted by molar-refractivity contribution is -0.136. The summed E-state index contributed by atoms with van der Waals surface area (Å²) in [5.74, 6) is -3.77. The van der Waals surface area contributed by atoms with Crippen molar-refractivity contribution in [3.05, 3.63) is 71.4 Å². The Hall–Kier alpha value is -3.54. The van der Waals surface area contributed by atoms with Gasteiger partial charge in [-0.1, -0.05) is 0 Å². The number of rotatable bonds is 6. The van der Waals surface area contributed by atoms with Gasteiger partial charge < -0.3 is 25.6 Å². The Morgan fingerprint density at radius 1 is 1.16 bits per heavy atom. The number of nitrogens with two attached hydrogens (primary N) is 1. The average Bonchev–Trinajstić information content (AvgIpc) is 3.72. The highest BCUT2D eigenvalue weighted by Gasteiger charge is 2.45. The maximum Gasteiger partial charge on any atom is 0.274 e. The smallest absolute Gasteiger partial charge is 0.274 e. The first-order valence-electron chi connectivity index (χ1n) is 11.8. The number of methoxy groups -OCH3 is 1. The van der Waals surface area contributed by atoms with E-state index in [9.17, 15) is 23.1 Å². The molecule has 2 fully saturated rings. The summed E-state index contributed by atoms with van der Waals surface area (Å²) in [7, 11) is 1.24. The molecule has 0 bridgehead atoms. The molecule has 11 heteroatoms. The van der Waals surface area contributed by atoms with E-state index in [4.69, 9.17) is 15.2 Å². The standard InChI is InChI=1S/C26H25F3N4O4/c1-36-13-8-16(28)22(17(29)9-13)23-15(27)4-5-19(32-23)26(35)33-20-11-31-7-6-14(20)21-10-18(30)24(34)25(37-21)12-2-3-12/h4-9,11-12,18,21,24-25,34H,2-3,10,30H2,1H3,(H,33,35)/t18-,21-,24+,25-/m1/s1. The first-order chi connectivity index (χ1) is 17.8. The fraction of sp³-hybridized carbons (Fsp3) is 0.346. The molecule has 3 heterocycles. The number of benzene rings is 1. The molecule has 1 aromatic carbocycles. The molecular formula is C26H25F3N4O4. The Bertz CT molecular complexity index is 1310. The number of pyridine rings is 2. The molecule has 3 aromatic rings. The molecule has 1 saturated carbocycles. The van der Waals surface area contributed by atoms with E-state index in [-0.39, 0.29) is 17.4 Å². The number of ether oxygens (including phenoxy) is 2. The summed E-state index contributed by atoms with van der Waals surface area (Å²) in [4.78, 5) is 21.1. The van der Waals surface area contributed by atoms with Gasteiger partial charge in [-0.05, 0) is 43.4 Å². The topological polar surface area (TPSA) is 120 Å². The largest absolute Gasteiger partial charge is 0.497 e. The fourth-order valence-corrected chi connectivity index (χ4v) is 4.59. The van der Waals surface area contributed by atoms with Gasteiger partial charge in [-0.25, -0.2) is 18.2 Å². The minimum atomic E-state index is -1.09. The van der Waals surface area contributed by atoms with Gasteiger partial charge in [-0.15, -0.1) is 0 Å². The number of hydrogen-bond donors (Lipinski definition) is 3. The van der Waals surface area contributed by atoms with Crippen molar-refractivity contribution in [2.24, 2.45) is 11.7 Å². The first-order valence-corrected chi connectivity index (χ1v) is 11.8. The van der Waals surface area contributed by atoms with Crippen LogP contribution in [0.15, 0.2) is 42.7 Å². The van der Waals surface area contributed by atoms with E-state index in [0.29, 0.717) is 17.7 Å². The van der Waals surface area contributed by atoms with E-state index in [0.717, 1.165) is 37.1 Å². The maximum absolute atomic E-state index is 14.6. The lowest BCUT2D eigenvalue weighted by atomic mass is 9.90. The van der Waals surface area contributed by atoms with Crippen LogP contribution in [-0.4, -0.2) is 46.3 Å². The zero-order valence-electron chi connectivity index (χ0n) is 19.8. The third-order valence-corrected chi connectivity index (χ3v) is 6.69. The SMILES string of the molecule is COc1cc(F)c(-c2nc(C(=O)Nc3cnccc3[C@H]3C[C@@H](N)[C@H](O)[C@@H](C4CC4)O3)ccc2F)c(F)c1.